The summed E-state index contributed by atoms with van der Waals surface area (Å²) in [6, 6.07) is 2.20. The first-order valence-electron chi connectivity index (χ1n) is 9.65. The number of sulfonamides is 1. The largest absolute Gasteiger partial charge is 0.506 e. The van der Waals surface area contributed by atoms with Crippen LogP contribution < -0.4 is 14.3 Å². The quantitative estimate of drug-likeness (QED) is 0.531. The molecule has 1 saturated carbocycles. The molecule has 3 aliphatic rings. The van der Waals surface area contributed by atoms with E-state index in [0.29, 0.717) is 35.8 Å². The van der Waals surface area contributed by atoms with Crippen molar-refractivity contribution in [2.45, 2.75) is 43.5 Å². The molecule has 10 nitrogen and oxygen atoms in total. The Morgan fingerprint density at radius 2 is 2.00 bits per heavy atom. The van der Waals surface area contributed by atoms with Crippen LogP contribution in [-0.2, 0) is 31.6 Å². The Morgan fingerprint density at radius 3 is 2.60 bits per heavy atom. The summed E-state index contributed by atoms with van der Waals surface area (Å²) in [5, 5.41) is 13.1. The van der Waals surface area contributed by atoms with Gasteiger partial charge in [0.1, 0.15) is 18.0 Å². The van der Waals surface area contributed by atoms with E-state index in [-0.39, 0.29) is 17.8 Å². The second kappa shape index (κ2) is 7.62. The molecule has 1 aromatic carbocycles. The molecular formula is C17H23FN4O6S2. The Morgan fingerprint density at radius 1 is 1.27 bits per heavy atom. The van der Waals surface area contributed by atoms with E-state index >= 15 is 0 Å². The zero-order valence-electron chi connectivity index (χ0n) is 16.0. The molecule has 0 radical (unpaired) electrons. The third-order valence-corrected chi connectivity index (χ3v) is 9.20. The standard InChI is InChI=1S/C17H23FN4O6S2/c18-14-6-11(7-15(23)17(14)22-10-16(24)20-30(22,27)28)8-19-12-2-1-5-21(9-12)29(25,26)13-3-4-13/h6-7,12-13,19,23H,1-5,8-10H2,(H,20,24)/t12-/m1/s1. The molecule has 4 rings (SSSR count). The summed E-state index contributed by atoms with van der Waals surface area (Å²) in [5.74, 6) is -2.40. The number of carbonyl (C=O) groups excluding carboxylic acids is 1. The number of benzene rings is 1. The maximum Gasteiger partial charge on any atom is 0.326 e. The summed E-state index contributed by atoms with van der Waals surface area (Å²) >= 11 is 0. The van der Waals surface area contributed by atoms with Crippen molar-refractivity contribution >= 4 is 31.8 Å². The van der Waals surface area contributed by atoms with Gasteiger partial charge in [-0.3, -0.25) is 4.79 Å². The summed E-state index contributed by atoms with van der Waals surface area (Å²) in [4.78, 5) is 11.4. The molecule has 2 saturated heterocycles. The Kier molecular flexibility index (Phi) is 5.41. The zero-order valence-corrected chi connectivity index (χ0v) is 17.7. The number of nitrogens with zero attached hydrogens (tertiary/aromatic N) is 2. The van der Waals surface area contributed by atoms with Crippen molar-refractivity contribution in [3.05, 3.63) is 23.5 Å². The molecule has 1 aliphatic carbocycles. The summed E-state index contributed by atoms with van der Waals surface area (Å²) in [6.07, 6.45) is 2.89. The smallest absolute Gasteiger partial charge is 0.326 e. The number of rotatable bonds is 6. The maximum atomic E-state index is 14.6. The number of nitrogens with one attached hydrogen (secondary N) is 2. The summed E-state index contributed by atoms with van der Waals surface area (Å²) < 4.78 is 67.0. The van der Waals surface area contributed by atoms with Gasteiger partial charge in [0.15, 0.2) is 5.82 Å². The van der Waals surface area contributed by atoms with Gasteiger partial charge in [-0.1, -0.05) is 0 Å². The van der Waals surface area contributed by atoms with E-state index in [4.69, 9.17) is 0 Å². The molecule has 1 aromatic rings. The van der Waals surface area contributed by atoms with E-state index in [1.807, 2.05) is 0 Å². The summed E-state index contributed by atoms with van der Waals surface area (Å²) in [7, 11) is -7.49. The molecule has 1 amide bonds. The van der Waals surface area contributed by atoms with Gasteiger partial charge in [-0.15, -0.1) is 0 Å². The van der Waals surface area contributed by atoms with Crippen LogP contribution in [0.5, 0.6) is 5.75 Å². The highest BCUT2D eigenvalue weighted by Gasteiger charge is 2.41. The van der Waals surface area contributed by atoms with E-state index in [9.17, 15) is 31.1 Å². The number of halogens is 1. The number of piperidine rings is 1. The Labute approximate surface area is 174 Å². The SMILES string of the molecule is O=C1CN(c2c(O)cc(CN[C@@H]3CCCN(S(=O)(=O)C4CC4)C3)cc2F)S(=O)(=O)N1. The number of phenols is 1. The Balaban J connectivity index is 1.44. The molecule has 0 unspecified atom stereocenters. The maximum absolute atomic E-state index is 14.6. The molecule has 166 valence electrons. The molecule has 2 aliphatic heterocycles. The fourth-order valence-electron chi connectivity index (χ4n) is 3.81. The lowest BCUT2D eigenvalue weighted by molar-refractivity contribution is -0.117. The van der Waals surface area contributed by atoms with Gasteiger partial charge in [-0.05, 0) is 43.4 Å². The van der Waals surface area contributed by atoms with Crippen LogP contribution in [0.15, 0.2) is 12.1 Å². The first-order valence-corrected chi connectivity index (χ1v) is 12.6. The Bertz CT molecular complexity index is 1050. The van der Waals surface area contributed by atoms with Gasteiger partial charge in [0.05, 0.1) is 5.25 Å². The van der Waals surface area contributed by atoms with Crippen molar-refractivity contribution in [3.63, 3.8) is 0 Å². The molecule has 3 N–H and O–H groups in total. The molecular weight excluding hydrogens is 439 g/mol. The summed E-state index contributed by atoms with van der Waals surface area (Å²) in [6.45, 7) is 0.387. The van der Waals surface area contributed by atoms with Gasteiger partial charge in [0.25, 0.3) is 5.91 Å². The zero-order chi connectivity index (χ0) is 21.7. The highest BCUT2D eigenvalue weighted by atomic mass is 32.2. The fourth-order valence-corrected chi connectivity index (χ4v) is 6.91. The monoisotopic (exact) mass is 462 g/mol. The highest BCUT2D eigenvalue weighted by molar-refractivity contribution is 7.92. The van der Waals surface area contributed by atoms with Crippen LogP contribution >= 0.6 is 0 Å². The van der Waals surface area contributed by atoms with Gasteiger partial charge in [-0.2, -0.15) is 8.42 Å². The number of aromatic hydroxyl groups is 1. The second-order valence-electron chi connectivity index (χ2n) is 7.80. The van der Waals surface area contributed by atoms with Gasteiger partial charge in [0.2, 0.25) is 10.0 Å². The number of hydrogen-bond acceptors (Lipinski definition) is 7. The number of amides is 1. The van der Waals surface area contributed by atoms with E-state index < -0.39 is 49.9 Å². The molecule has 30 heavy (non-hydrogen) atoms. The lowest BCUT2D eigenvalue weighted by Crippen LogP contribution is -2.48. The van der Waals surface area contributed by atoms with Crippen LogP contribution in [0.2, 0.25) is 0 Å². The van der Waals surface area contributed by atoms with Crippen molar-refractivity contribution < 1.29 is 31.1 Å². The second-order valence-corrected chi connectivity index (χ2v) is 11.6. The van der Waals surface area contributed by atoms with Crippen LogP contribution in [0, 0.1) is 5.82 Å². The van der Waals surface area contributed by atoms with Crippen molar-refractivity contribution in [2.24, 2.45) is 0 Å². The van der Waals surface area contributed by atoms with Gasteiger partial charge >= 0.3 is 10.2 Å². The van der Waals surface area contributed by atoms with E-state index in [2.05, 4.69) is 5.32 Å². The van der Waals surface area contributed by atoms with E-state index in [1.165, 1.54) is 10.4 Å². The van der Waals surface area contributed by atoms with Crippen molar-refractivity contribution in [2.75, 3.05) is 23.9 Å². The molecule has 13 heteroatoms. The lowest BCUT2D eigenvalue weighted by Gasteiger charge is -2.32. The molecule has 3 fully saturated rings. The first-order chi connectivity index (χ1) is 14.1. The average molecular weight is 463 g/mol. The van der Waals surface area contributed by atoms with E-state index in [0.717, 1.165) is 18.9 Å². The highest BCUT2D eigenvalue weighted by Crippen LogP contribution is 2.35. The van der Waals surface area contributed by atoms with Crippen LogP contribution in [0.3, 0.4) is 0 Å². The molecule has 0 spiro atoms. The predicted octanol–water partition coefficient (Wildman–Crippen LogP) is -0.241. The van der Waals surface area contributed by atoms with Crippen LogP contribution in [0.4, 0.5) is 10.1 Å². The molecule has 0 bridgehead atoms. The number of anilines is 1. The predicted molar refractivity (Wildman–Crippen MR) is 106 cm³/mol. The topological polar surface area (TPSA) is 136 Å². The third-order valence-electron chi connectivity index (χ3n) is 5.46. The van der Waals surface area contributed by atoms with Crippen molar-refractivity contribution in [1.82, 2.24) is 14.3 Å². The fraction of sp³-hybridized carbons (Fsp3) is 0.588. The average Bonchev–Trinajstić information content (AvgIpc) is 3.47. The van der Waals surface area contributed by atoms with Crippen LogP contribution in [-0.4, -0.2) is 63.1 Å². The summed E-state index contributed by atoms with van der Waals surface area (Å²) in [5.41, 5.74) is -0.219. The van der Waals surface area contributed by atoms with Crippen molar-refractivity contribution in [1.29, 1.82) is 0 Å². The minimum Gasteiger partial charge on any atom is -0.506 e. The first kappa shape index (κ1) is 21.3. The van der Waals surface area contributed by atoms with Gasteiger partial charge in [0, 0.05) is 25.7 Å². The van der Waals surface area contributed by atoms with Gasteiger partial charge < -0.3 is 10.4 Å². The Hall–Kier alpha value is -1.96. The minimum absolute atomic E-state index is 0.113. The third kappa shape index (κ3) is 4.11. The van der Waals surface area contributed by atoms with Gasteiger partial charge in [-0.25, -0.2) is 26.1 Å². The van der Waals surface area contributed by atoms with Crippen LogP contribution in [0.25, 0.3) is 0 Å². The lowest BCUT2D eigenvalue weighted by atomic mass is 10.1. The molecule has 1 atom stereocenters. The number of hydrogen-bond donors (Lipinski definition) is 3. The van der Waals surface area contributed by atoms with Crippen LogP contribution in [0.1, 0.15) is 31.2 Å². The van der Waals surface area contributed by atoms with E-state index in [1.54, 1.807) is 4.72 Å². The number of phenolic OH excluding ortho intramolecular Hbond substituents is 1. The molecule has 2 heterocycles. The van der Waals surface area contributed by atoms with Crippen molar-refractivity contribution in [3.8, 4) is 5.75 Å². The number of carbonyl (C=O) groups is 1. The minimum atomic E-state index is -4.24. The normalized spacial score (nSPS) is 24.8. The molecule has 0 aromatic heterocycles.